The number of rotatable bonds is 14. The second kappa shape index (κ2) is 20.5. The van der Waals surface area contributed by atoms with Gasteiger partial charge in [-0.05, 0) is 97.1 Å². The number of aliphatic imine (C=N–C) groups is 1. The van der Waals surface area contributed by atoms with Gasteiger partial charge in [0.1, 0.15) is 29.5 Å². The molecule has 1 saturated heterocycles. The molecule has 4 heterocycles. The van der Waals surface area contributed by atoms with Gasteiger partial charge in [0, 0.05) is 79.3 Å². The molecule has 11 atom stereocenters. The van der Waals surface area contributed by atoms with Crippen molar-refractivity contribution >= 4 is 29.3 Å². The van der Waals surface area contributed by atoms with Crippen molar-refractivity contribution < 1.29 is 74.2 Å². The molecular formula is C52H64N8O15. The largest absolute Gasteiger partial charge is 0.507 e. The van der Waals surface area contributed by atoms with Gasteiger partial charge in [-0.15, -0.1) is 0 Å². The minimum absolute atomic E-state index is 0.0240. The van der Waals surface area contributed by atoms with Crippen molar-refractivity contribution in [3.05, 3.63) is 110 Å². The third kappa shape index (κ3) is 8.84. The Bertz CT molecular complexity index is 2880. The number of hydrogen-bond acceptors (Lipinski definition) is 20. The highest BCUT2D eigenvalue weighted by Gasteiger charge is 2.68. The predicted molar refractivity (Wildman–Crippen MR) is 266 cm³/mol. The van der Waals surface area contributed by atoms with Gasteiger partial charge in [-0.1, -0.05) is 19.1 Å². The highest BCUT2D eigenvalue weighted by molar-refractivity contribution is 6.31. The number of imide groups is 1. The number of allylic oxidation sites excluding steroid dienone is 3. The van der Waals surface area contributed by atoms with E-state index in [0.717, 1.165) is 22.6 Å². The van der Waals surface area contributed by atoms with E-state index in [1.807, 2.05) is 18.4 Å². The first-order chi connectivity index (χ1) is 35.7. The fourth-order valence-electron chi connectivity index (χ4n) is 12.4. The summed E-state index contributed by atoms with van der Waals surface area (Å²) in [4.78, 5) is 61.8. The van der Waals surface area contributed by atoms with Crippen molar-refractivity contribution in [2.45, 2.75) is 106 Å². The van der Waals surface area contributed by atoms with Crippen molar-refractivity contribution in [3.8, 4) is 17.2 Å². The highest BCUT2D eigenvalue weighted by Crippen LogP contribution is 2.57. The lowest BCUT2D eigenvalue weighted by Gasteiger charge is -2.54. The normalized spacial score (nSPS) is 30.6. The number of hydrogen-bond donors (Lipinski definition) is 14. The molecule has 23 nitrogen and oxygen atoms in total. The highest BCUT2D eigenvalue weighted by atomic mass is 16.8. The summed E-state index contributed by atoms with van der Waals surface area (Å²) in [5.41, 5.74) is 17.2. The van der Waals surface area contributed by atoms with E-state index >= 15 is 9.59 Å². The van der Waals surface area contributed by atoms with Crippen LogP contribution in [-0.2, 0) is 27.2 Å². The fraction of sp³-hybridized carbons (Fsp3) is 0.481. The fourth-order valence-corrected chi connectivity index (χ4v) is 12.4. The number of phenols is 1. The minimum Gasteiger partial charge on any atom is -0.507 e. The smallest absolute Gasteiger partial charge is 0.253 e. The first-order valence-corrected chi connectivity index (χ1v) is 24.9. The number of benzene rings is 2. The van der Waals surface area contributed by atoms with E-state index in [4.69, 9.17) is 31.4 Å². The number of guanidine groups is 1. The Kier molecular flexibility index (Phi) is 14.5. The molecule has 9 rings (SSSR count). The standard InChI is InChI=1S/C52H64N8O15/c1-4-26-30(73-3)18-31(74-48-46(67)47(68)51(71,52(72,75-48)49(69)70)19-25(23-13-15-57-33(54)17-23)21-60-34(62)11-12-35(60)63)41-38(26)43(64)39-28-7-5-22(14-16-61)36(24-6-10-32(53)58-20-24)27-8-9-29(59-50(55)56-2)40(37(27)28)44(65)42(39)45(41)66/h6,10-13,17-18,20,22,25,27,29,32,36,46-49,57-58,61,65,67-72H,4-5,7-9,14-16,19,21,53-54H2,1-3H3,(H3,55,56,59). The van der Waals surface area contributed by atoms with Crippen LogP contribution >= 0.6 is 0 Å². The topological polar surface area (TPSA) is 388 Å². The summed E-state index contributed by atoms with van der Waals surface area (Å²) < 4.78 is 17.7. The molecule has 2 amide bonds. The van der Waals surface area contributed by atoms with Gasteiger partial charge in [0.15, 0.2) is 17.3 Å². The van der Waals surface area contributed by atoms with Crippen LogP contribution in [0.5, 0.6) is 17.2 Å². The third-order valence-electron chi connectivity index (χ3n) is 16.0. The van der Waals surface area contributed by atoms with Crippen LogP contribution in [0.15, 0.2) is 70.7 Å². The summed E-state index contributed by atoms with van der Waals surface area (Å²) >= 11 is 0. The van der Waals surface area contributed by atoms with Gasteiger partial charge in [-0.25, -0.2) is 0 Å². The molecular weight excluding hydrogens is 977 g/mol. The average Bonchev–Trinajstić information content (AvgIpc) is 3.61. The van der Waals surface area contributed by atoms with Crippen molar-refractivity contribution in [1.29, 1.82) is 0 Å². The number of aromatic hydroxyl groups is 1. The number of carbonyl (C=O) groups excluding carboxylic acids is 4. The summed E-state index contributed by atoms with van der Waals surface area (Å²) in [6, 6.07) is 0.503. The van der Waals surface area contributed by atoms with Crippen LogP contribution in [0.1, 0.15) is 105 Å². The van der Waals surface area contributed by atoms with Crippen LogP contribution in [0.2, 0.25) is 0 Å². The summed E-state index contributed by atoms with van der Waals surface area (Å²) in [5.74, 6) is -9.40. The van der Waals surface area contributed by atoms with E-state index in [0.29, 0.717) is 47.9 Å². The summed E-state index contributed by atoms with van der Waals surface area (Å²) in [7, 11) is 2.79. The van der Waals surface area contributed by atoms with Crippen LogP contribution in [0, 0.1) is 17.8 Å². The predicted octanol–water partition coefficient (Wildman–Crippen LogP) is -1.47. The van der Waals surface area contributed by atoms with Gasteiger partial charge in [-0.2, -0.15) is 0 Å². The molecule has 2 aromatic carbocycles. The molecule has 75 heavy (non-hydrogen) atoms. The van der Waals surface area contributed by atoms with Crippen LogP contribution < -0.4 is 42.6 Å². The number of phenolic OH excluding ortho intramolecular Hbond substituents is 1. The maximum Gasteiger partial charge on any atom is 0.253 e. The first-order valence-electron chi connectivity index (χ1n) is 24.9. The number of carbonyl (C=O) groups is 4. The molecule has 2 aromatic rings. The lowest BCUT2D eigenvalue weighted by atomic mass is 9.65. The maximum atomic E-state index is 15.7. The van der Waals surface area contributed by atoms with Gasteiger partial charge < -0.3 is 88.2 Å². The van der Waals surface area contributed by atoms with Crippen molar-refractivity contribution in [2.24, 2.45) is 39.9 Å². The number of aliphatic hydroxyl groups is 7. The zero-order valence-corrected chi connectivity index (χ0v) is 41.5. The lowest BCUT2D eigenvalue weighted by Crippen LogP contribution is -2.77. The van der Waals surface area contributed by atoms with E-state index in [1.54, 1.807) is 13.0 Å². The number of methoxy groups -OCH3 is 1. The summed E-state index contributed by atoms with van der Waals surface area (Å²) in [6.07, 6.45) is 1.13. The molecule has 0 radical (unpaired) electrons. The Morgan fingerprint density at radius 3 is 2.36 bits per heavy atom. The molecule has 17 N–H and O–H groups in total. The Balaban J connectivity index is 1.16. The molecule has 402 valence electrons. The average molecular weight is 1040 g/mol. The van der Waals surface area contributed by atoms with Gasteiger partial charge in [-0.3, -0.25) is 29.1 Å². The number of nitrogens with one attached hydrogen (secondary N) is 3. The first kappa shape index (κ1) is 53.2. The summed E-state index contributed by atoms with van der Waals surface area (Å²) in [6.45, 7) is 1.27. The molecule has 1 fully saturated rings. The minimum atomic E-state index is -3.65. The number of amides is 2. The quantitative estimate of drug-likeness (QED) is 0.0379. The molecule has 7 aliphatic rings. The second-order valence-electron chi connectivity index (χ2n) is 20.0. The van der Waals surface area contributed by atoms with E-state index in [-0.39, 0.29) is 83.5 Å². The molecule has 3 aliphatic carbocycles. The number of aliphatic hydroxyl groups excluding tert-OH is 4. The van der Waals surface area contributed by atoms with Gasteiger partial charge in [0.25, 0.3) is 17.6 Å². The maximum absolute atomic E-state index is 15.7. The number of fused-ring (bicyclic) bond motifs is 3. The molecule has 11 unspecified atom stereocenters. The molecule has 23 heteroatoms. The van der Waals surface area contributed by atoms with Crippen LogP contribution in [-0.4, -0.2) is 151 Å². The summed E-state index contributed by atoms with van der Waals surface area (Å²) in [5, 5.41) is 103. The molecule has 4 aliphatic heterocycles. The van der Waals surface area contributed by atoms with Crippen molar-refractivity contribution in [2.75, 3.05) is 33.9 Å². The van der Waals surface area contributed by atoms with Gasteiger partial charge in [0.2, 0.25) is 18.4 Å². The van der Waals surface area contributed by atoms with Crippen LogP contribution in [0.3, 0.4) is 0 Å². The van der Waals surface area contributed by atoms with E-state index in [9.17, 15) is 50.4 Å². The number of ether oxygens (including phenoxy) is 3. The Hall–Kier alpha value is -6.67. The number of dihydropyridines is 2. The van der Waals surface area contributed by atoms with Gasteiger partial charge in [0.05, 0.1) is 36.3 Å². The molecule has 0 aromatic heterocycles. The Morgan fingerprint density at radius 2 is 1.73 bits per heavy atom. The van der Waals surface area contributed by atoms with E-state index in [1.165, 1.54) is 26.3 Å². The molecule has 0 spiro atoms. The third-order valence-corrected chi connectivity index (χ3v) is 16.0. The van der Waals surface area contributed by atoms with Crippen molar-refractivity contribution in [1.82, 2.24) is 20.9 Å². The molecule has 0 saturated carbocycles. The second-order valence-corrected chi connectivity index (χ2v) is 20.0. The number of nitrogens with two attached hydrogens (primary N) is 3. The zero-order valence-electron chi connectivity index (χ0n) is 41.5. The van der Waals surface area contributed by atoms with E-state index in [2.05, 4.69) is 20.9 Å². The van der Waals surface area contributed by atoms with Crippen molar-refractivity contribution in [3.63, 3.8) is 0 Å². The van der Waals surface area contributed by atoms with Crippen LogP contribution in [0.25, 0.3) is 0 Å². The zero-order chi connectivity index (χ0) is 54.0. The monoisotopic (exact) mass is 1040 g/mol. The van der Waals surface area contributed by atoms with Crippen LogP contribution in [0.4, 0.5) is 0 Å². The lowest BCUT2D eigenvalue weighted by molar-refractivity contribution is -0.456. The van der Waals surface area contributed by atoms with Gasteiger partial charge >= 0.3 is 0 Å². The molecule has 0 bridgehead atoms. The number of nitrogens with zero attached hydrogens (tertiary/aromatic N) is 2. The Labute approximate surface area is 430 Å². The SMILES string of the molecule is CCc1c(OC)cc(OC2OC(O)(C(O)O)C(O)(CC(CN3C(=O)C=CC3=O)C3=CCNC(N)=C3)C(O)C2O)c2c1C(=O)c1c3c4c(c(O)c1C2=O)C(NC(N)=NC)CCC4C(C1=CNC(N)C=C1)C(CCO)CC3. The Morgan fingerprint density at radius 1 is 1.01 bits per heavy atom. The number of ketones is 2. The van der Waals surface area contributed by atoms with E-state index < -0.39 is 108 Å².